The van der Waals surface area contributed by atoms with Crippen molar-refractivity contribution in [3.8, 4) is 0 Å². The molecule has 230 valence electrons. The molecule has 1 rings (SSSR count). The fourth-order valence-corrected chi connectivity index (χ4v) is 3.87. The molecule has 0 aliphatic carbocycles. The van der Waals surface area contributed by atoms with Gasteiger partial charge in [0.1, 0.15) is 5.69 Å². The molecule has 0 saturated carbocycles. The van der Waals surface area contributed by atoms with Crippen LogP contribution < -0.4 is 5.32 Å². The van der Waals surface area contributed by atoms with Crippen molar-refractivity contribution < 1.29 is 33.5 Å². The highest BCUT2D eigenvalue weighted by atomic mass is 16.6. The van der Waals surface area contributed by atoms with Gasteiger partial charge in [-0.05, 0) is 12.5 Å². The van der Waals surface area contributed by atoms with Crippen molar-refractivity contribution in [3.63, 3.8) is 0 Å². The Morgan fingerprint density at radius 1 is 0.600 bits per heavy atom. The van der Waals surface area contributed by atoms with Crippen molar-refractivity contribution in [2.75, 3.05) is 77.9 Å². The molecular formula is C28H49N3O9. The lowest BCUT2D eigenvalue weighted by molar-refractivity contribution is -0.393. The number of ether oxygens (including phenoxy) is 5. The minimum absolute atomic E-state index is 0.202. The molecule has 0 fully saturated rings. The van der Waals surface area contributed by atoms with Crippen molar-refractivity contribution in [2.24, 2.45) is 0 Å². The number of hydrogen-bond donors (Lipinski definition) is 1. The predicted octanol–water partition coefficient (Wildman–Crippen LogP) is 5.92. The van der Waals surface area contributed by atoms with Gasteiger partial charge < -0.3 is 29.0 Å². The molecule has 0 saturated heterocycles. The molecule has 1 N–H and O–H groups in total. The summed E-state index contributed by atoms with van der Waals surface area (Å²) >= 11 is 0. The quantitative estimate of drug-likeness (QED) is 0.0699. The monoisotopic (exact) mass is 571 g/mol. The van der Waals surface area contributed by atoms with Crippen LogP contribution in [-0.2, 0) is 23.7 Å². The van der Waals surface area contributed by atoms with E-state index >= 15 is 0 Å². The summed E-state index contributed by atoms with van der Waals surface area (Å²) < 4.78 is 27.4. The zero-order chi connectivity index (χ0) is 29.1. The molecule has 0 spiro atoms. The molecule has 0 amide bonds. The van der Waals surface area contributed by atoms with E-state index in [2.05, 4.69) is 12.2 Å². The Morgan fingerprint density at radius 3 is 1.52 bits per heavy atom. The standard InChI is InChI=1S/C28H49N3O9/c1-2-3-4-5-6-7-8-9-10-11-15-36-17-19-38-21-23-40-24-22-39-20-18-37-16-14-29-27-13-12-26(30(32)33)25-28(27)31(34)35/h12-13,25,29H,2-11,14-24H2,1H3. The van der Waals surface area contributed by atoms with Crippen molar-refractivity contribution in [2.45, 2.75) is 71.1 Å². The molecule has 0 aromatic heterocycles. The molecule has 0 atom stereocenters. The Labute approximate surface area is 238 Å². The smallest absolute Gasteiger partial charge is 0.299 e. The molecule has 0 heterocycles. The maximum Gasteiger partial charge on any atom is 0.299 e. The van der Waals surface area contributed by atoms with Gasteiger partial charge in [-0.15, -0.1) is 0 Å². The minimum atomic E-state index is -0.671. The van der Waals surface area contributed by atoms with Crippen LogP contribution in [0.4, 0.5) is 17.1 Å². The van der Waals surface area contributed by atoms with Gasteiger partial charge in [0.25, 0.3) is 11.4 Å². The van der Waals surface area contributed by atoms with Crippen LogP contribution >= 0.6 is 0 Å². The lowest BCUT2D eigenvalue weighted by Gasteiger charge is -2.09. The van der Waals surface area contributed by atoms with E-state index < -0.39 is 9.85 Å². The van der Waals surface area contributed by atoms with E-state index in [1.807, 2.05) is 0 Å². The van der Waals surface area contributed by atoms with Crippen molar-refractivity contribution in [1.82, 2.24) is 0 Å². The van der Waals surface area contributed by atoms with Gasteiger partial charge in [0.2, 0.25) is 0 Å². The first kappa shape index (κ1) is 35.6. The van der Waals surface area contributed by atoms with Gasteiger partial charge in [-0.3, -0.25) is 20.2 Å². The Balaban J connectivity index is 1.80. The summed E-state index contributed by atoms with van der Waals surface area (Å²) in [5, 5.41) is 24.8. The topological polar surface area (TPSA) is 144 Å². The van der Waals surface area contributed by atoms with E-state index in [1.54, 1.807) is 0 Å². The summed E-state index contributed by atoms with van der Waals surface area (Å²) in [6.07, 6.45) is 13.2. The Bertz CT molecular complexity index is 783. The number of unbranched alkanes of at least 4 members (excludes halogenated alkanes) is 9. The first-order valence-corrected chi connectivity index (χ1v) is 14.6. The third-order valence-electron chi connectivity index (χ3n) is 6.08. The number of nitro benzene ring substituents is 2. The molecule has 0 unspecified atom stereocenters. The number of non-ortho nitro benzene ring substituents is 1. The van der Waals surface area contributed by atoms with E-state index in [1.165, 1.54) is 69.9 Å². The fraction of sp³-hybridized carbons (Fsp3) is 0.786. The largest absolute Gasteiger partial charge is 0.379 e. The number of benzene rings is 1. The molecule has 0 radical (unpaired) electrons. The van der Waals surface area contributed by atoms with Crippen LogP contribution in [0.2, 0.25) is 0 Å². The normalized spacial score (nSPS) is 11.1. The molecule has 0 aliphatic heterocycles. The van der Waals surface area contributed by atoms with Crippen molar-refractivity contribution >= 4 is 17.1 Å². The second-order valence-corrected chi connectivity index (χ2v) is 9.39. The molecule has 1 aromatic carbocycles. The van der Waals surface area contributed by atoms with Crippen LogP contribution in [0, 0.1) is 20.2 Å². The number of rotatable bonds is 29. The number of hydrogen-bond acceptors (Lipinski definition) is 10. The van der Waals surface area contributed by atoms with Crippen molar-refractivity contribution in [1.29, 1.82) is 0 Å². The molecule has 0 bridgehead atoms. The Morgan fingerprint density at radius 2 is 1.05 bits per heavy atom. The Kier molecular flexibility index (Phi) is 22.8. The summed E-state index contributed by atoms with van der Waals surface area (Å²) in [7, 11) is 0. The average Bonchev–Trinajstić information content (AvgIpc) is 2.94. The van der Waals surface area contributed by atoms with Crippen LogP contribution in [0.15, 0.2) is 18.2 Å². The maximum atomic E-state index is 11.1. The van der Waals surface area contributed by atoms with Gasteiger partial charge >= 0.3 is 0 Å². The van der Waals surface area contributed by atoms with Gasteiger partial charge in [-0.2, -0.15) is 0 Å². The highest BCUT2D eigenvalue weighted by Crippen LogP contribution is 2.28. The third-order valence-corrected chi connectivity index (χ3v) is 6.08. The Hall–Kier alpha value is -2.38. The molecule has 1 aromatic rings. The third kappa shape index (κ3) is 19.6. The van der Waals surface area contributed by atoms with Gasteiger partial charge in [0, 0.05) is 19.2 Å². The van der Waals surface area contributed by atoms with Crippen LogP contribution in [0.5, 0.6) is 0 Å². The minimum Gasteiger partial charge on any atom is -0.379 e. The number of nitro groups is 2. The summed E-state index contributed by atoms with van der Waals surface area (Å²) in [4.78, 5) is 20.6. The average molecular weight is 572 g/mol. The first-order valence-electron chi connectivity index (χ1n) is 14.6. The summed E-state index contributed by atoms with van der Waals surface area (Å²) in [5.41, 5.74) is -0.480. The fourth-order valence-electron chi connectivity index (χ4n) is 3.87. The van der Waals surface area contributed by atoms with Gasteiger partial charge in [0.05, 0.1) is 75.4 Å². The van der Waals surface area contributed by atoms with Gasteiger partial charge in [-0.25, -0.2) is 0 Å². The van der Waals surface area contributed by atoms with Crippen LogP contribution in [0.25, 0.3) is 0 Å². The molecule has 12 nitrogen and oxygen atoms in total. The molecule has 40 heavy (non-hydrogen) atoms. The molecule has 12 heteroatoms. The lowest BCUT2D eigenvalue weighted by atomic mass is 10.1. The van der Waals surface area contributed by atoms with E-state index in [-0.39, 0.29) is 17.1 Å². The summed E-state index contributed by atoms with van der Waals surface area (Å²) in [6.45, 7) is 7.54. The zero-order valence-electron chi connectivity index (χ0n) is 24.1. The highest BCUT2D eigenvalue weighted by molar-refractivity contribution is 5.65. The number of nitrogens with one attached hydrogen (secondary N) is 1. The van der Waals surface area contributed by atoms with Crippen LogP contribution in [0.3, 0.4) is 0 Å². The van der Waals surface area contributed by atoms with E-state index in [4.69, 9.17) is 23.7 Å². The van der Waals surface area contributed by atoms with Crippen molar-refractivity contribution in [3.05, 3.63) is 38.4 Å². The highest BCUT2D eigenvalue weighted by Gasteiger charge is 2.18. The van der Waals surface area contributed by atoms with Gasteiger partial charge in [-0.1, -0.05) is 64.7 Å². The number of anilines is 1. The van der Waals surface area contributed by atoms with Crippen LogP contribution in [0.1, 0.15) is 71.1 Å². The molecule has 0 aliphatic rings. The summed E-state index contributed by atoms with van der Waals surface area (Å²) in [6, 6.07) is 3.46. The second kappa shape index (κ2) is 25.6. The number of nitrogens with zero attached hydrogens (tertiary/aromatic N) is 2. The first-order chi connectivity index (χ1) is 19.6. The predicted molar refractivity (Wildman–Crippen MR) is 154 cm³/mol. The van der Waals surface area contributed by atoms with Crippen LogP contribution in [-0.4, -0.2) is 82.5 Å². The maximum absolute atomic E-state index is 11.1. The zero-order valence-corrected chi connectivity index (χ0v) is 24.1. The van der Waals surface area contributed by atoms with Gasteiger partial charge in [0.15, 0.2) is 0 Å². The summed E-state index contributed by atoms with van der Waals surface area (Å²) in [5.74, 6) is 0. The van der Waals surface area contributed by atoms with E-state index in [0.717, 1.165) is 19.1 Å². The SMILES string of the molecule is CCCCCCCCCCCCOCCOCCOCCOCCOCCNc1ccc([N+](=O)[O-])cc1[N+](=O)[O-]. The lowest BCUT2D eigenvalue weighted by Crippen LogP contribution is -2.15. The molecular weight excluding hydrogens is 522 g/mol. The second-order valence-electron chi connectivity index (χ2n) is 9.39. The van der Waals surface area contributed by atoms with E-state index in [9.17, 15) is 20.2 Å². The van der Waals surface area contributed by atoms with E-state index in [0.29, 0.717) is 66.0 Å².